The first-order valence-electron chi connectivity index (χ1n) is 9.16. The molecule has 0 saturated carbocycles. The van der Waals surface area contributed by atoms with Crippen molar-refractivity contribution in [3.63, 3.8) is 0 Å². The van der Waals surface area contributed by atoms with Crippen LogP contribution in [0.2, 0.25) is 0 Å². The van der Waals surface area contributed by atoms with Crippen molar-refractivity contribution in [2.75, 3.05) is 11.4 Å². The summed E-state index contributed by atoms with van der Waals surface area (Å²) in [6.45, 7) is 0.866. The van der Waals surface area contributed by atoms with Crippen LogP contribution in [0, 0.1) is 0 Å². The largest absolute Gasteiger partial charge is 0.478 e. The van der Waals surface area contributed by atoms with Gasteiger partial charge in [0.25, 0.3) is 0 Å². The fourth-order valence-electron chi connectivity index (χ4n) is 3.66. The van der Waals surface area contributed by atoms with Gasteiger partial charge in [-0.2, -0.15) is 4.98 Å². The molecule has 0 unspecified atom stereocenters. The third kappa shape index (κ3) is 2.82. The van der Waals surface area contributed by atoms with Gasteiger partial charge in [0.2, 0.25) is 0 Å². The lowest BCUT2D eigenvalue weighted by atomic mass is 10.0. The number of aryl methyl sites for hydroxylation is 1. The van der Waals surface area contributed by atoms with E-state index < -0.39 is 5.97 Å². The molecule has 0 aliphatic carbocycles. The molecule has 2 aromatic heterocycles. The van der Waals surface area contributed by atoms with Crippen LogP contribution in [-0.4, -0.2) is 27.6 Å². The number of aromatic nitrogens is 2. The molecule has 4 aromatic rings. The molecule has 1 N–H and O–H groups in total. The first-order chi connectivity index (χ1) is 13.7. The van der Waals surface area contributed by atoms with E-state index in [0.717, 1.165) is 35.8 Å². The minimum absolute atomic E-state index is 0.248. The molecule has 0 amide bonds. The fraction of sp³-hybridized carbons (Fsp3) is 0.136. The molecule has 6 heteroatoms. The summed E-state index contributed by atoms with van der Waals surface area (Å²) in [7, 11) is 0. The van der Waals surface area contributed by atoms with Crippen molar-refractivity contribution in [3.05, 3.63) is 71.8 Å². The number of hydrogen-bond donors (Lipinski definition) is 1. The molecule has 1 aliphatic heterocycles. The van der Waals surface area contributed by atoms with Crippen LogP contribution in [0.15, 0.2) is 60.7 Å². The Morgan fingerprint density at radius 2 is 1.82 bits per heavy atom. The number of rotatable bonds is 3. The molecule has 5 rings (SSSR count). The van der Waals surface area contributed by atoms with Gasteiger partial charge in [-0.1, -0.05) is 59.9 Å². The van der Waals surface area contributed by atoms with Crippen LogP contribution in [0.5, 0.6) is 0 Å². The topological polar surface area (TPSA) is 66.3 Å². The molecule has 2 aromatic carbocycles. The van der Waals surface area contributed by atoms with Crippen molar-refractivity contribution in [1.82, 2.24) is 9.97 Å². The molecule has 3 heterocycles. The standard InChI is InChI=1S/C22H17N3O2S/c26-21(27)16-13-17(14-7-2-1-3-8-14)23-20-19(16)28-22(24-20)25-12-6-10-15-9-4-5-11-18(15)25/h1-5,7-9,11,13H,6,10,12H2,(H,26,27). The second-order valence-corrected chi connectivity index (χ2v) is 7.74. The number of para-hydroxylation sites is 1. The monoisotopic (exact) mass is 387 g/mol. The number of nitrogens with zero attached hydrogens (tertiary/aromatic N) is 3. The van der Waals surface area contributed by atoms with Gasteiger partial charge in [-0.05, 0) is 30.5 Å². The molecule has 138 valence electrons. The summed E-state index contributed by atoms with van der Waals surface area (Å²) in [6, 6.07) is 19.6. The predicted molar refractivity (Wildman–Crippen MR) is 112 cm³/mol. The summed E-state index contributed by atoms with van der Waals surface area (Å²) in [5.41, 5.74) is 4.68. The Bertz CT molecular complexity index is 1190. The average Bonchev–Trinajstić information content (AvgIpc) is 3.17. The Hall–Kier alpha value is -3.25. The second kappa shape index (κ2) is 6.73. The van der Waals surface area contributed by atoms with Gasteiger partial charge in [-0.25, -0.2) is 9.78 Å². The Labute approximate surface area is 165 Å². The van der Waals surface area contributed by atoms with E-state index in [1.54, 1.807) is 6.07 Å². The van der Waals surface area contributed by atoms with Crippen molar-refractivity contribution >= 4 is 38.5 Å². The lowest BCUT2D eigenvalue weighted by Gasteiger charge is -2.28. The van der Waals surface area contributed by atoms with Crippen molar-refractivity contribution in [1.29, 1.82) is 0 Å². The maximum atomic E-state index is 11.9. The van der Waals surface area contributed by atoms with E-state index in [1.165, 1.54) is 16.9 Å². The summed E-state index contributed by atoms with van der Waals surface area (Å²) in [5.74, 6) is -0.959. The molecule has 1 aliphatic rings. The van der Waals surface area contributed by atoms with Gasteiger partial charge in [-0.15, -0.1) is 0 Å². The van der Waals surface area contributed by atoms with E-state index in [2.05, 4.69) is 28.1 Å². The first-order valence-corrected chi connectivity index (χ1v) is 9.98. The van der Waals surface area contributed by atoms with Crippen LogP contribution < -0.4 is 4.90 Å². The molecule has 5 nitrogen and oxygen atoms in total. The van der Waals surface area contributed by atoms with Crippen molar-refractivity contribution in [2.45, 2.75) is 12.8 Å². The highest BCUT2D eigenvalue weighted by Gasteiger charge is 2.23. The number of benzene rings is 2. The lowest BCUT2D eigenvalue weighted by Crippen LogP contribution is -2.24. The number of thiazole rings is 1. The third-order valence-corrected chi connectivity index (χ3v) is 6.09. The smallest absolute Gasteiger partial charge is 0.337 e. The Kier molecular flexibility index (Phi) is 4.06. The average molecular weight is 387 g/mol. The highest BCUT2D eigenvalue weighted by atomic mass is 32.1. The maximum absolute atomic E-state index is 11.9. The predicted octanol–water partition coefficient (Wildman–Crippen LogP) is 5.14. The minimum atomic E-state index is -0.959. The zero-order chi connectivity index (χ0) is 19.1. The number of carboxylic acids is 1. The molecule has 0 atom stereocenters. The Balaban J connectivity index is 1.67. The summed E-state index contributed by atoms with van der Waals surface area (Å²) >= 11 is 1.40. The number of carbonyl (C=O) groups is 1. The number of pyridine rings is 1. The summed E-state index contributed by atoms with van der Waals surface area (Å²) < 4.78 is 0.616. The number of fused-ring (bicyclic) bond motifs is 2. The van der Waals surface area contributed by atoms with Crippen LogP contribution in [0.1, 0.15) is 22.3 Å². The van der Waals surface area contributed by atoms with Crippen LogP contribution in [-0.2, 0) is 6.42 Å². The molecule has 0 spiro atoms. The summed E-state index contributed by atoms with van der Waals surface area (Å²) in [5, 5.41) is 10.6. The van der Waals surface area contributed by atoms with E-state index in [4.69, 9.17) is 4.98 Å². The van der Waals surface area contributed by atoms with Crippen LogP contribution >= 0.6 is 11.3 Å². The van der Waals surface area contributed by atoms with E-state index in [0.29, 0.717) is 16.0 Å². The molecule has 0 radical (unpaired) electrons. The fourth-order valence-corrected chi connectivity index (χ4v) is 4.72. The molecule has 0 bridgehead atoms. The van der Waals surface area contributed by atoms with Crippen LogP contribution in [0.25, 0.3) is 21.6 Å². The highest BCUT2D eigenvalue weighted by molar-refractivity contribution is 7.22. The first kappa shape index (κ1) is 16.9. The normalized spacial score (nSPS) is 13.5. The highest BCUT2D eigenvalue weighted by Crippen LogP contribution is 2.39. The van der Waals surface area contributed by atoms with E-state index in [1.807, 2.05) is 36.4 Å². The molecular weight excluding hydrogens is 370 g/mol. The zero-order valence-electron chi connectivity index (χ0n) is 15.0. The van der Waals surface area contributed by atoms with Gasteiger partial charge in [0, 0.05) is 17.8 Å². The van der Waals surface area contributed by atoms with Crippen molar-refractivity contribution in [3.8, 4) is 11.3 Å². The number of anilines is 2. The third-order valence-electron chi connectivity index (χ3n) is 4.99. The van der Waals surface area contributed by atoms with Gasteiger partial charge in [0.1, 0.15) is 0 Å². The van der Waals surface area contributed by atoms with Crippen molar-refractivity contribution in [2.24, 2.45) is 0 Å². The van der Waals surface area contributed by atoms with E-state index >= 15 is 0 Å². The number of aromatic carboxylic acids is 1. The lowest BCUT2D eigenvalue weighted by molar-refractivity contribution is 0.0699. The Morgan fingerprint density at radius 3 is 2.64 bits per heavy atom. The number of hydrogen-bond acceptors (Lipinski definition) is 5. The molecule has 0 saturated heterocycles. The molecule has 28 heavy (non-hydrogen) atoms. The van der Waals surface area contributed by atoms with Gasteiger partial charge in [0.05, 0.1) is 16.0 Å². The Morgan fingerprint density at radius 1 is 1.04 bits per heavy atom. The minimum Gasteiger partial charge on any atom is -0.478 e. The zero-order valence-corrected chi connectivity index (χ0v) is 15.8. The molecular formula is C22H17N3O2S. The second-order valence-electron chi connectivity index (χ2n) is 6.76. The van der Waals surface area contributed by atoms with Gasteiger partial charge in [-0.3, -0.25) is 0 Å². The quantitative estimate of drug-likeness (QED) is 0.527. The van der Waals surface area contributed by atoms with Crippen molar-refractivity contribution < 1.29 is 9.90 Å². The summed E-state index contributed by atoms with van der Waals surface area (Å²) in [6.07, 6.45) is 2.09. The van der Waals surface area contributed by atoms with Gasteiger partial charge in [0.15, 0.2) is 10.8 Å². The van der Waals surface area contributed by atoms with Crippen LogP contribution in [0.3, 0.4) is 0 Å². The van der Waals surface area contributed by atoms with Gasteiger partial charge < -0.3 is 10.0 Å². The SMILES string of the molecule is O=C(O)c1cc(-c2ccccc2)nc2nc(N3CCCc4ccccc43)sc12. The number of carboxylic acid groups (broad SMARTS) is 1. The molecule has 0 fully saturated rings. The summed E-state index contributed by atoms with van der Waals surface area (Å²) in [4.78, 5) is 23.5. The maximum Gasteiger partial charge on any atom is 0.337 e. The van der Waals surface area contributed by atoms with Crippen LogP contribution in [0.4, 0.5) is 10.8 Å². The van der Waals surface area contributed by atoms with E-state index in [-0.39, 0.29) is 5.56 Å². The van der Waals surface area contributed by atoms with Gasteiger partial charge >= 0.3 is 5.97 Å². The van der Waals surface area contributed by atoms with E-state index in [9.17, 15) is 9.90 Å².